The number of rotatable bonds is 2. The third-order valence-electron chi connectivity index (χ3n) is 4.30. The predicted octanol–water partition coefficient (Wildman–Crippen LogP) is 1.87. The molecule has 3 rings (SSSR count). The fourth-order valence-corrected chi connectivity index (χ4v) is 3.45. The van der Waals surface area contributed by atoms with Crippen molar-refractivity contribution in [2.24, 2.45) is 0 Å². The van der Waals surface area contributed by atoms with Crippen LogP contribution in [-0.4, -0.2) is 40.6 Å². The van der Waals surface area contributed by atoms with E-state index in [0.717, 1.165) is 11.3 Å². The maximum absolute atomic E-state index is 11.9. The van der Waals surface area contributed by atoms with Gasteiger partial charge in [0.25, 0.3) is 0 Å². The van der Waals surface area contributed by atoms with Crippen molar-refractivity contribution in [1.82, 2.24) is 4.90 Å². The van der Waals surface area contributed by atoms with Crippen molar-refractivity contribution < 1.29 is 14.7 Å². The maximum atomic E-state index is 11.9. The van der Waals surface area contributed by atoms with Crippen LogP contribution in [0.3, 0.4) is 0 Å². The van der Waals surface area contributed by atoms with Gasteiger partial charge in [0.1, 0.15) is 0 Å². The second-order valence-electron chi connectivity index (χ2n) is 5.20. The van der Waals surface area contributed by atoms with E-state index >= 15 is 0 Å². The number of hydrogen-bond donors (Lipinski definition) is 1. The van der Waals surface area contributed by atoms with Gasteiger partial charge in [-0.05, 0) is 24.6 Å². The zero-order valence-electron chi connectivity index (χ0n) is 11.1. The Hall–Kier alpha value is -1.75. The van der Waals surface area contributed by atoms with E-state index in [4.69, 9.17) is 11.6 Å². The molecule has 0 aliphatic carbocycles. The van der Waals surface area contributed by atoms with E-state index < -0.39 is 11.6 Å². The number of hydrogen-bond acceptors (Lipinski definition) is 3. The van der Waals surface area contributed by atoms with Crippen LogP contribution in [0.2, 0.25) is 5.02 Å². The highest BCUT2D eigenvalue weighted by Crippen LogP contribution is 2.42. The number of carboxylic acids is 1. The maximum Gasteiger partial charge on any atom is 0.350 e. The van der Waals surface area contributed by atoms with Gasteiger partial charge < -0.3 is 14.9 Å². The van der Waals surface area contributed by atoms with Crippen molar-refractivity contribution in [3.63, 3.8) is 0 Å². The zero-order valence-corrected chi connectivity index (χ0v) is 11.9. The lowest BCUT2D eigenvalue weighted by molar-refractivity contribution is -0.151. The molecule has 0 bridgehead atoms. The number of benzene rings is 1. The van der Waals surface area contributed by atoms with Gasteiger partial charge in [-0.15, -0.1) is 0 Å². The topological polar surface area (TPSA) is 60.9 Å². The van der Waals surface area contributed by atoms with E-state index in [2.05, 4.69) is 0 Å². The fraction of sp³-hybridized carbons (Fsp3) is 0.429. The lowest BCUT2D eigenvalue weighted by atomic mass is 10.0. The Morgan fingerprint density at radius 2 is 2.05 bits per heavy atom. The van der Waals surface area contributed by atoms with E-state index in [1.54, 1.807) is 17.0 Å². The third kappa shape index (κ3) is 1.56. The molecule has 0 spiro atoms. The first kappa shape index (κ1) is 13.2. The molecule has 2 fully saturated rings. The van der Waals surface area contributed by atoms with Crippen LogP contribution in [0.25, 0.3) is 0 Å². The van der Waals surface area contributed by atoms with Crippen molar-refractivity contribution in [3.8, 4) is 0 Å². The van der Waals surface area contributed by atoms with E-state index in [1.165, 1.54) is 4.90 Å². The van der Waals surface area contributed by atoms with E-state index in [0.29, 0.717) is 24.5 Å². The van der Waals surface area contributed by atoms with Crippen LogP contribution in [0.4, 0.5) is 5.69 Å². The first-order valence-corrected chi connectivity index (χ1v) is 6.93. The van der Waals surface area contributed by atoms with Crippen molar-refractivity contribution in [2.75, 3.05) is 18.0 Å². The number of carbonyl (C=O) groups is 2. The molecule has 0 radical (unpaired) electrons. The SMILES string of the molecule is Cc1c(Cl)cccc1N1CCN2C(=O)CCC21C(=O)O. The van der Waals surface area contributed by atoms with Crippen molar-refractivity contribution in [3.05, 3.63) is 28.8 Å². The Kier molecular flexibility index (Phi) is 2.90. The molecule has 0 saturated carbocycles. The number of nitrogens with zero attached hydrogens (tertiary/aromatic N) is 2. The number of aliphatic carboxylic acids is 1. The molecular formula is C14H15ClN2O3. The summed E-state index contributed by atoms with van der Waals surface area (Å²) in [6.45, 7) is 2.82. The number of anilines is 1. The smallest absolute Gasteiger partial charge is 0.350 e. The summed E-state index contributed by atoms with van der Waals surface area (Å²) in [6.07, 6.45) is 0.593. The first-order chi connectivity index (χ1) is 9.48. The van der Waals surface area contributed by atoms with Gasteiger partial charge in [0.15, 0.2) is 0 Å². The Balaban J connectivity index is 2.12. The Morgan fingerprint density at radius 3 is 2.75 bits per heavy atom. The molecular weight excluding hydrogens is 280 g/mol. The lowest BCUT2D eigenvalue weighted by Gasteiger charge is -2.37. The molecule has 2 aliphatic rings. The minimum Gasteiger partial charge on any atom is -0.478 e. The summed E-state index contributed by atoms with van der Waals surface area (Å²) >= 11 is 6.13. The monoisotopic (exact) mass is 294 g/mol. The van der Waals surface area contributed by atoms with Gasteiger partial charge >= 0.3 is 5.97 Å². The normalized spacial score (nSPS) is 25.2. The Labute approximate surface area is 121 Å². The number of halogens is 1. The van der Waals surface area contributed by atoms with Crippen molar-refractivity contribution in [2.45, 2.75) is 25.4 Å². The minimum absolute atomic E-state index is 0.0884. The standard InChI is InChI=1S/C14H15ClN2O3/c1-9-10(15)3-2-4-11(9)16-7-8-17-12(18)5-6-14(16,17)13(19)20/h2-4H,5-8H2,1H3,(H,19,20). The number of carboxylic acid groups (broad SMARTS) is 1. The van der Waals surface area contributed by atoms with Crippen LogP contribution < -0.4 is 4.90 Å². The summed E-state index contributed by atoms with van der Waals surface area (Å²) < 4.78 is 0. The molecule has 20 heavy (non-hydrogen) atoms. The molecule has 6 heteroatoms. The highest BCUT2D eigenvalue weighted by atomic mass is 35.5. The molecule has 2 saturated heterocycles. The number of amides is 1. The van der Waals surface area contributed by atoms with Gasteiger partial charge in [-0.1, -0.05) is 17.7 Å². The summed E-state index contributed by atoms with van der Waals surface area (Å²) in [5, 5.41) is 10.3. The molecule has 0 aromatic heterocycles. The number of carbonyl (C=O) groups excluding carboxylic acids is 1. The molecule has 1 atom stereocenters. The molecule has 1 N–H and O–H groups in total. The van der Waals surface area contributed by atoms with E-state index in [-0.39, 0.29) is 12.3 Å². The van der Waals surface area contributed by atoms with E-state index in [1.807, 2.05) is 13.0 Å². The van der Waals surface area contributed by atoms with E-state index in [9.17, 15) is 14.7 Å². The van der Waals surface area contributed by atoms with Crippen LogP contribution in [-0.2, 0) is 9.59 Å². The first-order valence-electron chi connectivity index (χ1n) is 6.55. The van der Waals surface area contributed by atoms with Gasteiger partial charge in [-0.25, -0.2) is 4.79 Å². The average Bonchev–Trinajstić information content (AvgIpc) is 2.93. The minimum atomic E-state index is -1.24. The average molecular weight is 295 g/mol. The summed E-state index contributed by atoms with van der Waals surface area (Å²) in [5.74, 6) is -1.06. The molecule has 5 nitrogen and oxygen atoms in total. The highest BCUT2D eigenvalue weighted by Gasteiger charge is 2.59. The quantitative estimate of drug-likeness (QED) is 0.904. The molecule has 1 unspecified atom stereocenters. The van der Waals surface area contributed by atoms with Gasteiger partial charge in [-0.3, -0.25) is 4.79 Å². The Bertz CT molecular complexity index is 604. The molecule has 1 amide bonds. The third-order valence-corrected chi connectivity index (χ3v) is 4.71. The molecule has 2 heterocycles. The van der Waals surface area contributed by atoms with Crippen LogP contribution in [0.15, 0.2) is 18.2 Å². The van der Waals surface area contributed by atoms with Crippen LogP contribution >= 0.6 is 11.6 Å². The van der Waals surface area contributed by atoms with Crippen LogP contribution in [0.5, 0.6) is 0 Å². The fourth-order valence-electron chi connectivity index (χ4n) is 3.28. The molecule has 2 aliphatic heterocycles. The van der Waals surface area contributed by atoms with Crippen molar-refractivity contribution >= 4 is 29.2 Å². The zero-order chi connectivity index (χ0) is 14.5. The van der Waals surface area contributed by atoms with Gasteiger partial charge in [0, 0.05) is 36.6 Å². The van der Waals surface area contributed by atoms with Gasteiger partial charge in [0.05, 0.1) is 0 Å². The largest absolute Gasteiger partial charge is 0.478 e. The van der Waals surface area contributed by atoms with Crippen LogP contribution in [0.1, 0.15) is 18.4 Å². The lowest BCUT2D eigenvalue weighted by Crippen LogP contribution is -2.57. The highest BCUT2D eigenvalue weighted by molar-refractivity contribution is 6.31. The van der Waals surface area contributed by atoms with Crippen LogP contribution in [0, 0.1) is 6.92 Å². The molecule has 1 aromatic rings. The summed E-state index contributed by atoms with van der Waals surface area (Å²) in [5.41, 5.74) is 0.389. The van der Waals surface area contributed by atoms with Gasteiger partial charge in [-0.2, -0.15) is 0 Å². The molecule has 106 valence electrons. The summed E-state index contributed by atoms with van der Waals surface area (Å²) in [4.78, 5) is 27.1. The summed E-state index contributed by atoms with van der Waals surface area (Å²) in [7, 11) is 0. The van der Waals surface area contributed by atoms with Gasteiger partial charge in [0.2, 0.25) is 11.6 Å². The molecule has 1 aromatic carbocycles. The summed E-state index contributed by atoms with van der Waals surface area (Å²) in [6, 6.07) is 5.44. The van der Waals surface area contributed by atoms with Crippen molar-refractivity contribution in [1.29, 1.82) is 0 Å². The second-order valence-corrected chi connectivity index (χ2v) is 5.61. The number of fused-ring (bicyclic) bond motifs is 1. The second kappa shape index (κ2) is 4.38. The predicted molar refractivity (Wildman–Crippen MR) is 74.8 cm³/mol. The Morgan fingerprint density at radius 1 is 1.35 bits per heavy atom.